The third-order valence-corrected chi connectivity index (χ3v) is 10.0. The zero-order valence-corrected chi connectivity index (χ0v) is 31.8. The van der Waals surface area contributed by atoms with Gasteiger partial charge in [0.25, 0.3) is 5.56 Å². The second-order valence-electron chi connectivity index (χ2n) is 12.3. The number of para-hydroxylation sites is 1. The first-order valence-electron chi connectivity index (χ1n) is 17.6. The molecule has 0 unspecified atom stereocenters. The summed E-state index contributed by atoms with van der Waals surface area (Å²) in [4.78, 5) is 57.3. The molecule has 12 nitrogen and oxygen atoms in total. The van der Waals surface area contributed by atoms with Crippen molar-refractivity contribution in [3.63, 3.8) is 0 Å². The molecule has 0 aliphatic carbocycles. The smallest absolute Gasteiger partial charge is 0.343 e. The van der Waals surface area contributed by atoms with Gasteiger partial charge in [0.05, 0.1) is 54.3 Å². The van der Waals surface area contributed by atoms with Crippen LogP contribution < -0.4 is 24.4 Å². The number of rotatable bonds is 13. The van der Waals surface area contributed by atoms with Gasteiger partial charge >= 0.3 is 17.9 Å². The van der Waals surface area contributed by atoms with Crippen LogP contribution in [0.1, 0.15) is 66.5 Å². The molecular formula is C41H41N3O9S. The highest BCUT2D eigenvalue weighted by molar-refractivity contribution is 7.07. The van der Waals surface area contributed by atoms with E-state index in [0.717, 1.165) is 27.7 Å². The van der Waals surface area contributed by atoms with E-state index < -0.39 is 18.0 Å². The number of ether oxygens (including phenoxy) is 5. The standard InChI is InChI=1S/C41H41N3O9S/c1-7-50-33-20-28(18-19-32(33)53-23-35(45)49-6)37-36(40(48)52-9-3)24(4)42-41-44(37)38(46)34(54-41)21-30-25(5)43(31-13-11-10-12-29(30)31)22-26-14-16-27(17-15-26)39(47)51-8-2/h10-21,37H,7-9,22-23H2,1-6H3/b34-21+/t37-/m0/s1. The van der Waals surface area contributed by atoms with Crippen molar-refractivity contribution in [3.05, 3.63) is 126 Å². The molecule has 0 bridgehead atoms. The molecule has 6 rings (SSSR count). The van der Waals surface area contributed by atoms with Gasteiger partial charge in [0.1, 0.15) is 0 Å². The number of hydrogen-bond acceptors (Lipinski definition) is 11. The van der Waals surface area contributed by atoms with Gasteiger partial charge < -0.3 is 28.3 Å². The lowest BCUT2D eigenvalue weighted by atomic mass is 9.95. The second-order valence-corrected chi connectivity index (χ2v) is 13.3. The van der Waals surface area contributed by atoms with Crippen LogP contribution in [-0.2, 0) is 30.3 Å². The van der Waals surface area contributed by atoms with E-state index in [1.54, 1.807) is 51.1 Å². The molecule has 0 saturated heterocycles. The molecule has 1 aliphatic rings. The van der Waals surface area contributed by atoms with E-state index in [1.165, 1.54) is 23.0 Å². The van der Waals surface area contributed by atoms with Crippen LogP contribution in [0, 0.1) is 6.92 Å². The quantitative estimate of drug-likeness (QED) is 0.117. The summed E-state index contributed by atoms with van der Waals surface area (Å²) in [6.45, 7) is 10.00. The van der Waals surface area contributed by atoms with Crippen LogP contribution in [0.25, 0.3) is 17.0 Å². The van der Waals surface area contributed by atoms with Gasteiger partial charge in [-0.1, -0.05) is 47.7 Å². The Kier molecular flexibility index (Phi) is 11.5. The highest BCUT2D eigenvalue weighted by Gasteiger charge is 2.34. The molecule has 0 saturated carbocycles. The first-order valence-corrected chi connectivity index (χ1v) is 18.4. The van der Waals surface area contributed by atoms with E-state index in [0.29, 0.717) is 57.4 Å². The van der Waals surface area contributed by atoms with Gasteiger partial charge in [-0.2, -0.15) is 0 Å². The van der Waals surface area contributed by atoms with Gasteiger partial charge in [0.2, 0.25) is 0 Å². The molecular weight excluding hydrogens is 711 g/mol. The number of hydrogen-bond donors (Lipinski definition) is 0. The van der Waals surface area contributed by atoms with Crippen LogP contribution in [0.15, 0.2) is 87.8 Å². The maximum Gasteiger partial charge on any atom is 0.343 e. The lowest BCUT2D eigenvalue weighted by molar-refractivity contribution is -0.143. The van der Waals surface area contributed by atoms with Crippen LogP contribution in [0.3, 0.4) is 0 Å². The minimum absolute atomic E-state index is 0.135. The van der Waals surface area contributed by atoms with Crippen molar-refractivity contribution in [2.24, 2.45) is 4.99 Å². The highest BCUT2D eigenvalue weighted by atomic mass is 32.1. The number of carbonyl (C=O) groups excluding carboxylic acids is 3. The first kappa shape index (κ1) is 37.8. The average Bonchev–Trinajstić information content (AvgIpc) is 3.62. The molecule has 1 atom stereocenters. The number of thiazole rings is 1. The zero-order chi connectivity index (χ0) is 38.5. The minimum Gasteiger partial charge on any atom is -0.490 e. The number of nitrogens with zero attached hydrogens (tertiary/aromatic N) is 3. The van der Waals surface area contributed by atoms with Crippen LogP contribution in [0.2, 0.25) is 0 Å². The zero-order valence-electron chi connectivity index (χ0n) is 31.0. The molecule has 2 aromatic heterocycles. The van der Waals surface area contributed by atoms with Crippen molar-refractivity contribution in [1.82, 2.24) is 9.13 Å². The fourth-order valence-corrected chi connectivity index (χ4v) is 7.53. The Balaban J connectivity index is 1.47. The number of aromatic nitrogens is 2. The Labute approximate surface area is 315 Å². The summed E-state index contributed by atoms with van der Waals surface area (Å²) in [5.74, 6) is -0.869. The first-order chi connectivity index (χ1) is 26.1. The summed E-state index contributed by atoms with van der Waals surface area (Å²) in [6.07, 6.45) is 1.89. The second kappa shape index (κ2) is 16.4. The van der Waals surface area contributed by atoms with Crippen LogP contribution in [0.4, 0.5) is 0 Å². The van der Waals surface area contributed by atoms with Crippen molar-refractivity contribution in [2.75, 3.05) is 33.5 Å². The van der Waals surface area contributed by atoms with Crippen molar-refractivity contribution < 1.29 is 38.1 Å². The summed E-state index contributed by atoms with van der Waals surface area (Å²) >= 11 is 1.24. The van der Waals surface area contributed by atoms with E-state index in [9.17, 15) is 19.2 Å². The number of esters is 3. The Hall–Kier alpha value is -5.95. The molecule has 3 heterocycles. The van der Waals surface area contributed by atoms with Gasteiger partial charge in [-0.15, -0.1) is 0 Å². The van der Waals surface area contributed by atoms with E-state index in [1.807, 2.05) is 56.3 Å². The molecule has 0 radical (unpaired) electrons. The number of carbonyl (C=O) groups is 3. The van der Waals surface area contributed by atoms with E-state index in [-0.39, 0.29) is 30.3 Å². The normalized spacial score (nSPS) is 14.0. The fraction of sp³-hybridized carbons (Fsp3) is 0.293. The van der Waals surface area contributed by atoms with Gasteiger partial charge in [0, 0.05) is 28.7 Å². The molecule has 0 spiro atoms. The molecule has 54 heavy (non-hydrogen) atoms. The summed E-state index contributed by atoms with van der Waals surface area (Å²) < 4.78 is 31.0. The van der Waals surface area contributed by atoms with E-state index >= 15 is 0 Å². The summed E-state index contributed by atoms with van der Waals surface area (Å²) in [5.41, 5.74) is 5.18. The van der Waals surface area contributed by atoms with Crippen LogP contribution in [0.5, 0.6) is 11.5 Å². The van der Waals surface area contributed by atoms with Gasteiger partial charge in [-0.05, 0) is 82.2 Å². The Morgan fingerprint density at radius 1 is 0.870 bits per heavy atom. The third kappa shape index (κ3) is 7.44. The number of fused-ring (bicyclic) bond motifs is 2. The molecule has 280 valence electrons. The van der Waals surface area contributed by atoms with Crippen molar-refractivity contribution in [2.45, 2.75) is 47.2 Å². The lowest BCUT2D eigenvalue weighted by Gasteiger charge is -2.25. The van der Waals surface area contributed by atoms with Gasteiger partial charge in [-0.3, -0.25) is 9.36 Å². The number of methoxy groups -OCH3 is 1. The van der Waals surface area contributed by atoms with E-state index in [2.05, 4.69) is 4.57 Å². The number of allylic oxidation sites excluding steroid dienone is 1. The van der Waals surface area contributed by atoms with Crippen LogP contribution >= 0.6 is 11.3 Å². The molecule has 3 aromatic carbocycles. The van der Waals surface area contributed by atoms with E-state index in [4.69, 9.17) is 28.7 Å². The van der Waals surface area contributed by atoms with Crippen LogP contribution in [-0.4, -0.2) is 60.6 Å². The van der Waals surface area contributed by atoms with Crippen molar-refractivity contribution >= 4 is 46.2 Å². The largest absolute Gasteiger partial charge is 0.490 e. The van der Waals surface area contributed by atoms with Gasteiger partial charge in [0.15, 0.2) is 22.9 Å². The lowest BCUT2D eigenvalue weighted by Crippen LogP contribution is -2.40. The Morgan fingerprint density at radius 3 is 2.30 bits per heavy atom. The SMILES string of the molecule is CCOC(=O)C1=C(C)N=c2s/c(=C/c3c(C)n(Cc4ccc(C(=O)OCC)cc4)c4ccccc34)c(=O)n2[C@H]1c1ccc(OCC(=O)OC)c(OCC)c1. The topological polar surface area (TPSA) is 137 Å². The Bertz CT molecular complexity index is 2460. The molecule has 1 aliphatic heterocycles. The Morgan fingerprint density at radius 2 is 1.59 bits per heavy atom. The fourth-order valence-electron chi connectivity index (χ4n) is 6.50. The van der Waals surface area contributed by atoms with Crippen molar-refractivity contribution in [1.29, 1.82) is 0 Å². The summed E-state index contributed by atoms with van der Waals surface area (Å²) in [6, 6.07) is 19.5. The van der Waals surface area contributed by atoms with Crippen molar-refractivity contribution in [3.8, 4) is 11.5 Å². The average molecular weight is 752 g/mol. The van der Waals surface area contributed by atoms with Gasteiger partial charge in [-0.25, -0.2) is 19.4 Å². The predicted molar refractivity (Wildman–Crippen MR) is 204 cm³/mol. The molecule has 0 amide bonds. The molecule has 13 heteroatoms. The highest BCUT2D eigenvalue weighted by Crippen LogP contribution is 2.36. The number of benzene rings is 3. The molecule has 5 aromatic rings. The molecule has 0 N–H and O–H groups in total. The minimum atomic E-state index is -0.892. The maximum absolute atomic E-state index is 14.6. The summed E-state index contributed by atoms with van der Waals surface area (Å²) in [7, 11) is 1.27. The monoisotopic (exact) mass is 751 g/mol. The maximum atomic E-state index is 14.6. The predicted octanol–water partition coefficient (Wildman–Crippen LogP) is 5.24. The third-order valence-electron chi connectivity index (χ3n) is 9.03. The summed E-state index contributed by atoms with van der Waals surface area (Å²) in [5, 5.41) is 0.966. The molecule has 0 fully saturated rings.